The summed E-state index contributed by atoms with van der Waals surface area (Å²) in [6.45, 7) is 4.54. The quantitative estimate of drug-likeness (QED) is 0.0329. The van der Waals surface area contributed by atoms with Crippen LogP contribution in [0.25, 0.3) is 0 Å². The summed E-state index contributed by atoms with van der Waals surface area (Å²) in [6.07, 6.45) is 47.3. The third-order valence-corrected chi connectivity index (χ3v) is 11.3. The smallest absolute Gasteiger partial charge is 0.266 e. The Morgan fingerprint density at radius 3 is 1.18 bits per heavy atom. The average molecular weight is 742 g/mol. The molecule has 2 atom stereocenters. The van der Waals surface area contributed by atoms with Crippen LogP contribution in [0.5, 0.6) is 0 Å². The van der Waals surface area contributed by atoms with Gasteiger partial charge in [-0.2, -0.15) is 8.42 Å². The normalized spacial score (nSPS) is 13.3. The van der Waals surface area contributed by atoms with Crippen molar-refractivity contribution in [2.45, 2.75) is 257 Å². The summed E-state index contributed by atoms with van der Waals surface area (Å²) in [7, 11) is -4.31. The number of nitrogens with one attached hydrogen (secondary N) is 1. The van der Waals surface area contributed by atoms with Crippen molar-refractivity contribution >= 4 is 16.0 Å². The number of aliphatic hydroxyl groups is 1. The Kier molecular flexibility index (Phi) is 38.1. The van der Waals surface area contributed by atoms with E-state index in [0.29, 0.717) is 12.8 Å². The van der Waals surface area contributed by atoms with Crippen LogP contribution in [0.4, 0.5) is 0 Å². The first-order chi connectivity index (χ1) is 24.8. The van der Waals surface area contributed by atoms with Crippen molar-refractivity contribution < 1.29 is 22.9 Å². The second-order valence-electron chi connectivity index (χ2n) is 15.7. The monoisotopic (exact) mass is 742 g/mol. The highest BCUT2D eigenvalue weighted by Crippen LogP contribution is 2.17. The van der Waals surface area contributed by atoms with E-state index >= 15 is 0 Å². The fraction of sp³-hybridized carbons (Fsp3) is 0.932. The summed E-state index contributed by atoms with van der Waals surface area (Å²) >= 11 is 0. The van der Waals surface area contributed by atoms with Crippen molar-refractivity contribution in [1.82, 2.24) is 5.32 Å². The van der Waals surface area contributed by atoms with Gasteiger partial charge in [0, 0.05) is 6.42 Å². The second-order valence-corrected chi connectivity index (χ2v) is 17.2. The number of aliphatic hydroxyl groups excluding tert-OH is 1. The molecular formula is C44H87NO5S. The molecule has 0 aromatic carbocycles. The second kappa shape index (κ2) is 38.8. The molecule has 304 valence electrons. The summed E-state index contributed by atoms with van der Waals surface area (Å²) in [4.78, 5) is 12.6. The van der Waals surface area contributed by atoms with Gasteiger partial charge >= 0.3 is 0 Å². The van der Waals surface area contributed by atoms with E-state index < -0.39 is 28.0 Å². The van der Waals surface area contributed by atoms with Crippen LogP contribution in [0.2, 0.25) is 0 Å². The summed E-state index contributed by atoms with van der Waals surface area (Å²) in [5.41, 5.74) is 0. The van der Waals surface area contributed by atoms with Gasteiger partial charge in [0.2, 0.25) is 5.91 Å². The van der Waals surface area contributed by atoms with E-state index in [1.165, 1.54) is 180 Å². The minimum Gasteiger partial charge on any atom is -0.391 e. The fourth-order valence-electron chi connectivity index (χ4n) is 7.10. The molecule has 2 unspecified atom stereocenters. The van der Waals surface area contributed by atoms with Crippen molar-refractivity contribution in [3.05, 3.63) is 12.2 Å². The Balaban J connectivity index is 3.81. The number of carbonyl (C=O) groups excluding carboxylic acids is 1. The molecular weight excluding hydrogens is 655 g/mol. The van der Waals surface area contributed by atoms with Crippen molar-refractivity contribution in [2.24, 2.45) is 0 Å². The molecule has 0 aliphatic rings. The third-order valence-electron chi connectivity index (χ3n) is 10.5. The first kappa shape index (κ1) is 50.1. The van der Waals surface area contributed by atoms with Crippen LogP contribution in [0, 0.1) is 0 Å². The van der Waals surface area contributed by atoms with E-state index in [1.807, 2.05) is 0 Å². The number of rotatable bonds is 41. The number of allylic oxidation sites excluding steroid dienone is 2. The molecule has 0 spiro atoms. The topological polar surface area (TPSA) is 104 Å². The highest BCUT2D eigenvalue weighted by Gasteiger charge is 2.26. The Bertz CT molecular complexity index is 862. The number of amides is 1. The maximum Gasteiger partial charge on any atom is 0.266 e. The molecule has 7 heteroatoms. The van der Waals surface area contributed by atoms with E-state index in [-0.39, 0.29) is 5.91 Å². The number of hydrogen-bond acceptors (Lipinski definition) is 4. The molecule has 0 aromatic heterocycles. The van der Waals surface area contributed by atoms with Gasteiger partial charge in [-0.25, -0.2) is 0 Å². The van der Waals surface area contributed by atoms with E-state index in [0.717, 1.165) is 38.5 Å². The molecule has 0 heterocycles. The lowest BCUT2D eigenvalue weighted by molar-refractivity contribution is -0.122. The standard InChI is InChI=1S/C44H87NO5S/c1-3-5-7-9-11-13-15-17-19-21-23-25-27-29-31-33-35-37-39-43(46)42(41-51(48,49)50)45-44(47)40-38-36-34-32-30-28-26-24-22-20-18-16-14-12-10-8-6-4-2/h20,22,42-43,46H,3-19,21,23-41H2,1-2H3,(H,45,47)(H,48,49,50)/b22-20-. The lowest BCUT2D eigenvalue weighted by atomic mass is 10.0. The highest BCUT2D eigenvalue weighted by molar-refractivity contribution is 7.85. The molecule has 0 aliphatic carbocycles. The highest BCUT2D eigenvalue weighted by atomic mass is 32.2. The molecule has 51 heavy (non-hydrogen) atoms. The lowest BCUT2D eigenvalue weighted by Gasteiger charge is -2.23. The number of carbonyl (C=O) groups is 1. The SMILES string of the molecule is CCCCCCCCC/C=C\CCCCCCCCCC(=O)NC(CS(=O)(=O)O)C(O)CCCCCCCCCCCCCCCCCCCC. The van der Waals surface area contributed by atoms with Crippen LogP contribution in [0.15, 0.2) is 12.2 Å². The Hall–Kier alpha value is -0.920. The molecule has 6 nitrogen and oxygen atoms in total. The number of unbranched alkanes of at least 4 members (excludes halogenated alkanes) is 31. The lowest BCUT2D eigenvalue weighted by Crippen LogP contribution is -2.47. The minimum absolute atomic E-state index is 0.246. The van der Waals surface area contributed by atoms with Gasteiger partial charge in [0.05, 0.1) is 17.9 Å². The van der Waals surface area contributed by atoms with Crippen LogP contribution in [-0.4, -0.2) is 41.9 Å². The predicted octanol–water partition coefficient (Wildman–Crippen LogP) is 13.4. The molecule has 0 radical (unpaired) electrons. The van der Waals surface area contributed by atoms with E-state index in [1.54, 1.807) is 0 Å². The first-order valence-corrected chi connectivity index (χ1v) is 24.0. The molecule has 0 bridgehead atoms. The Morgan fingerprint density at radius 1 is 0.510 bits per heavy atom. The van der Waals surface area contributed by atoms with E-state index in [4.69, 9.17) is 0 Å². The van der Waals surface area contributed by atoms with E-state index in [2.05, 4.69) is 31.3 Å². The first-order valence-electron chi connectivity index (χ1n) is 22.4. The van der Waals surface area contributed by atoms with Gasteiger partial charge in [-0.15, -0.1) is 0 Å². The van der Waals surface area contributed by atoms with Crippen molar-refractivity contribution in [3.63, 3.8) is 0 Å². The molecule has 3 N–H and O–H groups in total. The number of hydrogen-bond donors (Lipinski definition) is 3. The third kappa shape index (κ3) is 40.1. The van der Waals surface area contributed by atoms with Gasteiger partial charge in [-0.3, -0.25) is 9.35 Å². The maximum atomic E-state index is 12.6. The van der Waals surface area contributed by atoms with Gasteiger partial charge in [0.15, 0.2) is 0 Å². The van der Waals surface area contributed by atoms with Gasteiger partial charge in [0.25, 0.3) is 10.1 Å². The molecule has 0 rings (SSSR count). The van der Waals surface area contributed by atoms with Crippen LogP contribution >= 0.6 is 0 Å². The molecule has 0 saturated carbocycles. The zero-order chi connectivity index (χ0) is 37.5. The minimum atomic E-state index is -4.31. The zero-order valence-electron chi connectivity index (χ0n) is 34.0. The van der Waals surface area contributed by atoms with E-state index in [9.17, 15) is 22.9 Å². The predicted molar refractivity (Wildman–Crippen MR) is 221 cm³/mol. The summed E-state index contributed by atoms with van der Waals surface area (Å²) in [5, 5.41) is 13.4. The van der Waals surface area contributed by atoms with Crippen LogP contribution in [-0.2, 0) is 14.9 Å². The Morgan fingerprint density at radius 2 is 0.824 bits per heavy atom. The van der Waals surface area contributed by atoms with Crippen LogP contribution < -0.4 is 5.32 Å². The molecule has 0 saturated heterocycles. The largest absolute Gasteiger partial charge is 0.391 e. The maximum absolute atomic E-state index is 12.6. The van der Waals surface area contributed by atoms with Gasteiger partial charge in [-0.05, 0) is 38.5 Å². The van der Waals surface area contributed by atoms with Gasteiger partial charge in [0.1, 0.15) is 0 Å². The molecule has 0 aliphatic heterocycles. The van der Waals surface area contributed by atoms with Gasteiger partial charge < -0.3 is 10.4 Å². The van der Waals surface area contributed by atoms with Crippen LogP contribution in [0.3, 0.4) is 0 Å². The summed E-state index contributed by atoms with van der Waals surface area (Å²) < 4.78 is 32.6. The Labute approximate surface area is 318 Å². The summed E-state index contributed by atoms with van der Waals surface area (Å²) in [5.74, 6) is -0.892. The van der Waals surface area contributed by atoms with Crippen molar-refractivity contribution in [1.29, 1.82) is 0 Å². The molecule has 0 aromatic rings. The molecule has 1 amide bonds. The van der Waals surface area contributed by atoms with Crippen molar-refractivity contribution in [2.75, 3.05) is 5.75 Å². The van der Waals surface area contributed by atoms with Crippen molar-refractivity contribution in [3.8, 4) is 0 Å². The summed E-state index contributed by atoms with van der Waals surface area (Å²) in [6, 6.07) is -0.970. The van der Waals surface area contributed by atoms with Gasteiger partial charge in [-0.1, -0.05) is 212 Å². The van der Waals surface area contributed by atoms with Crippen LogP contribution in [0.1, 0.15) is 245 Å². The zero-order valence-corrected chi connectivity index (χ0v) is 34.8. The molecule has 0 fully saturated rings. The average Bonchev–Trinajstić information content (AvgIpc) is 3.09. The fourth-order valence-corrected chi connectivity index (χ4v) is 7.86.